The summed E-state index contributed by atoms with van der Waals surface area (Å²) >= 11 is 6.07. The number of carboxylic acids is 1. The van der Waals surface area contributed by atoms with Crippen LogP contribution in [-0.4, -0.2) is 11.1 Å². The standard InChI is InChI=1S/C21H20ClNO2/c22-14-8-6-11(7-9-14)19-18-13-5-4-12(10-13)17(18)15-2-1-3-16(21(24)25)20(15)23-19/h1-3,6-9,12-13,17-19,23H,4-5,10H2,(H,24,25). The number of para-hydroxylation sites is 1. The van der Waals surface area contributed by atoms with Crippen molar-refractivity contribution in [2.24, 2.45) is 17.8 Å². The minimum absolute atomic E-state index is 0.158. The van der Waals surface area contributed by atoms with Crippen LogP contribution in [0.3, 0.4) is 0 Å². The molecule has 2 aromatic carbocycles. The lowest BCUT2D eigenvalue weighted by Crippen LogP contribution is -2.36. The molecular weight excluding hydrogens is 334 g/mol. The number of rotatable bonds is 2. The quantitative estimate of drug-likeness (QED) is 0.766. The van der Waals surface area contributed by atoms with Crippen LogP contribution in [0.25, 0.3) is 0 Å². The van der Waals surface area contributed by atoms with Crippen molar-refractivity contribution in [3.63, 3.8) is 0 Å². The van der Waals surface area contributed by atoms with Gasteiger partial charge in [-0.25, -0.2) is 4.79 Å². The number of hydrogen-bond donors (Lipinski definition) is 2. The van der Waals surface area contributed by atoms with Crippen molar-refractivity contribution < 1.29 is 9.90 Å². The third-order valence-electron chi connectivity index (χ3n) is 6.58. The highest BCUT2D eigenvalue weighted by atomic mass is 35.5. The van der Waals surface area contributed by atoms with Gasteiger partial charge in [0.15, 0.2) is 0 Å². The smallest absolute Gasteiger partial charge is 0.337 e. The Kier molecular flexibility index (Phi) is 3.36. The van der Waals surface area contributed by atoms with E-state index in [9.17, 15) is 9.90 Å². The van der Waals surface area contributed by atoms with E-state index < -0.39 is 5.97 Å². The zero-order valence-corrected chi connectivity index (χ0v) is 14.5. The summed E-state index contributed by atoms with van der Waals surface area (Å²) in [6.45, 7) is 0. The van der Waals surface area contributed by atoms with Crippen molar-refractivity contribution >= 4 is 23.3 Å². The third kappa shape index (κ3) is 2.22. The molecule has 0 spiro atoms. The van der Waals surface area contributed by atoms with Gasteiger partial charge in [0, 0.05) is 5.02 Å². The molecule has 2 fully saturated rings. The summed E-state index contributed by atoms with van der Waals surface area (Å²) in [7, 11) is 0. The van der Waals surface area contributed by atoms with Gasteiger partial charge in [-0.05, 0) is 72.3 Å². The molecular formula is C21H20ClNO2. The summed E-state index contributed by atoms with van der Waals surface area (Å²) in [5.74, 6) is 1.56. The van der Waals surface area contributed by atoms with Crippen molar-refractivity contribution in [1.29, 1.82) is 0 Å². The van der Waals surface area contributed by atoms with E-state index in [4.69, 9.17) is 11.6 Å². The zero-order chi connectivity index (χ0) is 17.1. The van der Waals surface area contributed by atoms with Gasteiger partial charge in [-0.1, -0.05) is 35.9 Å². The molecule has 4 heteroatoms. The van der Waals surface area contributed by atoms with Crippen molar-refractivity contribution in [2.45, 2.75) is 31.2 Å². The average molecular weight is 354 g/mol. The van der Waals surface area contributed by atoms with E-state index in [2.05, 4.69) is 23.5 Å². The Balaban J connectivity index is 1.67. The van der Waals surface area contributed by atoms with Gasteiger partial charge in [-0.15, -0.1) is 0 Å². The Morgan fingerprint density at radius 2 is 1.84 bits per heavy atom. The number of halogens is 1. The summed E-state index contributed by atoms with van der Waals surface area (Å²) in [4.78, 5) is 11.8. The van der Waals surface area contributed by atoms with Crippen LogP contribution in [0.2, 0.25) is 5.02 Å². The van der Waals surface area contributed by atoms with Gasteiger partial charge in [-0.3, -0.25) is 0 Å². The van der Waals surface area contributed by atoms with Crippen LogP contribution in [0.4, 0.5) is 5.69 Å². The van der Waals surface area contributed by atoms with Gasteiger partial charge >= 0.3 is 5.97 Å². The molecule has 2 N–H and O–H groups in total. The van der Waals surface area contributed by atoms with Crippen LogP contribution >= 0.6 is 11.6 Å². The first-order chi connectivity index (χ1) is 12.1. The first-order valence-electron chi connectivity index (χ1n) is 9.01. The maximum absolute atomic E-state index is 11.8. The summed E-state index contributed by atoms with van der Waals surface area (Å²) in [5, 5.41) is 14.0. The fourth-order valence-electron chi connectivity index (χ4n) is 5.69. The van der Waals surface area contributed by atoms with Crippen LogP contribution in [0.15, 0.2) is 42.5 Å². The fraction of sp³-hybridized carbons (Fsp3) is 0.381. The maximum Gasteiger partial charge on any atom is 0.337 e. The van der Waals surface area contributed by atoms with Crippen molar-refractivity contribution in [3.05, 3.63) is 64.2 Å². The lowest BCUT2D eigenvalue weighted by molar-refractivity contribution is 0.0697. The molecule has 2 aromatic rings. The highest BCUT2D eigenvalue weighted by Crippen LogP contribution is 2.63. The second-order valence-electron chi connectivity index (χ2n) is 7.68. The average Bonchev–Trinajstić information content (AvgIpc) is 3.23. The molecule has 2 bridgehead atoms. The number of carbonyl (C=O) groups is 1. The molecule has 128 valence electrons. The lowest BCUT2D eigenvalue weighted by atomic mass is 9.67. The Morgan fingerprint density at radius 1 is 1.08 bits per heavy atom. The predicted octanol–water partition coefficient (Wildman–Crippen LogP) is 5.33. The van der Waals surface area contributed by atoms with Crippen LogP contribution < -0.4 is 5.32 Å². The van der Waals surface area contributed by atoms with E-state index in [1.807, 2.05) is 18.2 Å². The van der Waals surface area contributed by atoms with Crippen molar-refractivity contribution in [3.8, 4) is 0 Å². The number of benzene rings is 2. The lowest BCUT2D eigenvalue weighted by Gasteiger charge is -2.44. The number of nitrogens with one attached hydrogen (secondary N) is 1. The number of hydrogen-bond acceptors (Lipinski definition) is 2. The number of aromatic carboxylic acids is 1. The number of anilines is 1. The maximum atomic E-state index is 11.8. The largest absolute Gasteiger partial charge is 0.478 e. The predicted molar refractivity (Wildman–Crippen MR) is 98.3 cm³/mol. The molecule has 0 saturated heterocycles. The Bertz CT molecular complexity index is 847. The third-order valence-corrected chi connectivity index (χ3v) is 6.83. The molecule has 0 amide bonds. The van der Waals surface area contributed by atoms with E-state index in [-0.39, 0.29) is 6.04 Å². The van der Waals surface area contributed by atoms with Crippen LogP contribution in [0.1, 0.15) is 52.7 Å². The van der Waals surface area contributed by atoms with Crippen molar-refractivity contribution in [2.75, 3.05) is 5.32 Å². The van der Waals surface area contributed by atoms with E-state index in [0.29, 0.717) is 23.3 Å². The van der Waals surface area contributed by atoms with Gasteiger partial charge in [-0.2, -0.15) is 0 Å². The van der Waals surface area contributed by atoms with Gasteiger partial charge in [0.2, 0.25) is 0 Å². The second-order valence-corrected chi connectivity index (χ2v) is 8.12. The Morgan fingerprint density at radius 3 is 2.60 bits per heavy atom. The molecule has 0 aromatic heterocycles. The molecule has 5 rings (SSSR count). The highest BCUT2D eigenvalue weighted by Gasteiger charge is 2.54. The van der Waals surface area contributed by atoms with E-state index in [1.54, 1.807) is 6.07 Å². The summed E-state index contributed by atoms with van der Waals surface area (Å²) < 4.78 is 0. The zero-order valence-electron chi connectivity index (χ0n) is 13.8. The van der Waals surface area contributed by atoms with Gasteiger partial charge in [0.25, 0.3) is 0 Å². The van der Waals surface area contributed by atoms with E-state index in [0.717, 1.165) is 16.6 Å². The second kappa shape index (κ2) is 5.50. The highest BCUT2D eigenvalue weighted by molar-refractivity contribution is 6.30. The molecule has 1 aliphatic heterocycles. The minimum atomic E-state index is -0.860. The summed E-state index contributed by atoms with van der Waals surface area (Å²) in [6, 6.07) is 13.9. The van der Waals surface area contributed by atoms with Crippen LogP contribution in [-0.2, 0) is 0 Å². The molecule has 3 nitrogen and oxygen atoms in total. The molecule has 3 aliphatic rings. The fourth-order valence-corrected chi connectivity index (χ4v) is 5.82. The molecule has 5 atom stereocenters. The van der Waals surface area contributed by atoms with Gasteiger partial charge < -0.3 is 10.4 Å². The first kappa shape index (κ1) is 15.3. The molecule has 1 heterocycles. The molecule has 0 radical (unpaired) electrons. The topological polar surface area (TPSA) is 49.3 Å². The first-order valence-corrected chi connectivity index (χ1v) is 9.39. The summed E-state index contributed by atoms with van der Waals surface area (Å²) in [6.07, 6.45) is 3.85. The number of fused-ring (bicyclic) bond motifs is 7. The molecule has 25 heavy (non-hydrogen) atoms. The minimum Gasteiger partial charge on any atom is -0.478 e. The van der Waals surface area contributed by atoms with E-state index in [1.165, 1.54) is 30.4 Å². The molecule has 2 saturated carbocycles. The van der Waals surface area contributed by atoms with Gasteiger partial charge in [0.05, 0.1) is 17.3 Å². The van der Waals surface area contributed by atoms with E-state index >= 15 is 0 Å². The van der Waals surface area contributed by atoms with Gasteiger partial charge in [0.1, 0.15) is 0 Å². The Hall–Kier alpha value is -2.00. The Labute approximate surface area is 152 Å². The summed E-state index contributed by atoms with van der Waals surface area (Å²) in [5.41, 5.74) is 3.63. The molecule has 2 aliphatic carbocycles. The monoisotopic (exact) mass is 353 g/mol. The molecule has 5 unspecified atom stereocenters. The van der Waals surface area contributed by atoms with Crippen LogP contribution in [0, 0.1) is 17.8 Å². The SMILES string of the molecule is O=C(O)c1cccc2c1NC(c1ccc(Cl)cc1)C1C3CCC(C3)C21. The van der Waals surface area contributed by atoms with Crippen LogP contribution in [0.5, 0.6) is 0 Å². The number of carboxylic acid groups (broad SMARTS) is 1. The van der Waals surface area contributed by atoms with Crippen molar-refractivity contribution in [1.82, 2.24) is 0 Å². The normalized spacial score (nSPS) is 32.0.